The quantitative estimate of drug-likeness (QED) is 0.752. The lowest BCUT2D eigenvalue weighted by molar-refractivity contribution is -0.130. The fraction of sp³-hybridized carbons (Fsp3) is 0.529. The van der Waals surface area contributed by atoms with Crippen molar-refractivity contribution in [2.24, 2.45) is 0 Å². The molecule has 0 radical (unpaired) electrons. The van der Waals surface area contributed by atoms with E-state index < -0.39 is 0 Å². The van der Waals surface area contributed by atoms with Gasteiger partial charge in [-0.25, -0.2) is 4.39 Å². The molecule has 7 heteroatoms. The molecule has 1 heterocycles. The van der Waals surface area contributed by atoms with Gasteiger partial charge in [-0.3, -0.25) is 14.5 Å². The first-order valence-corrected chi connectivity index (χ1v) is 9.27. The summed E-state index contributed by atoms with van der Waals surface area (Å²) < 4.78 is 13.5. The minimum absolute atomic E-state index is 0.00207. The molecule has 0 bridgehead atoms. The Morgan fingerprint density at radius 3 is 2.58 bits per heavy atom. The molecule has 132 valence electrons. The van der Waals surface area contributed by atoms with Crippen LogP contribution < -0.4 is 5.32 Å². The highest BCUT2D eigenvalue weighted by atomic mass is 32.2. The summed E-state index contributed by atoms with van der Waals surface area (Å²) in [7, 11) is 0. The van der Waals surface area contributed by atoms with Gasteiger partial charge in [-0.1, -0.05) is 18.2 Å². The van der Waals surface area contributed by atoms with E-state index >= 15 is 0 Å². The first kappa shape index (κ1) is 18.7. The van der Waals surface area contributed by atoms with Gasteiger partial charge in [0, 0.05) is 51.2 Å². The molecule has 1 aromatic rings. The van der Waals surface area contributed by atoms with E-state index in [0.29, 0.717) is 37.5 Å². The molecule has 5 nitrogen and oxygen atoms in total. The van der Waals surface area contributed by atoms with Crippen LogP contribution in [0.3, 0.4) is 0 Å². The first-order valence-electron chi connectivity index (χ1n) is 8.12. The van der Waals surface area contributed by atoms with Gasteiger partial charge in [0.05, 0.1) is 6.54 Å². The second kappa shape index (κ2) is 9.64. The van der Waals surface area contributed by atoms with E-state index in [1.165, 1.54) is 6.07 Å². The summed E-state index contributed by atoms with van der Waals surface area (Å²) >= 11 is 1.60. The summed E-state index contributed by atoms with van der Waals surface area (Å²) in [5, 5.41) is 2.89. The Bertz CT molecular complexity index is 563. The predicted molar refractivity (Wildman–Crippen MR) is 94.3 cm³/mol. The number of piperazine rings is 1. The van der Waals surface area contributed by atoms with Gasteiger partial charge in [0.2, 0.25) is 11.8 Å². The number of nitrogens with one attached hydrogen (secondary N) is 1. The summed E-state index contributed by atoms with van der Waals surface area (Å²) in [6, 6.07) is 6.75. The third kappa shape index (κ3) is 6.13. The van der Waals surface area contributed by atoms with Crippen LogP contribution in [0.15, 0.2) is 24.3 Å². The van der Waals surface area contributed by atoms with Crippen LogP contribution in [0.25, 0.3) is 0 Å². The molecule has 0 atom stereocenters. The third-order valence-electron chi connectivity index (χ3n) is 3.97. The lowest BCUT2D eigenvalue weighted by Crippen LogP contribution is -2.50. The molecular weight excluding hydrogens is 329 g/mol. The fourth-order valence-corrected chi connectivity index (χ4v) is 3.38. The van der Waals surface area contributed by atoms with Crippen molar-refractivity contribution in [1.82, 2.24) is 15.1 Å². The number of halogens is 1. The molecule has 0 unspecified atom stereocenters. The summed E-state index contributed by atoms with van der Waals surface area (Å²) in [5.74, 6) is 1.26. The van der Waals surface area contributed by atoms with Gasteiger partial charge in [0.1, 0.15) is 5.82 Å². The molecule has 1 aliphatic rings. The van der Waals surface area contributed by atoms with Crippen LogP contribution in [-0.4, -0.2) is 66.6 Å². The second-order valence-electron chi connectivity index (χ2n) is 5.78. The largest absolute Gasteiger partial charge is 0.354 e. The zero-order chi connectivity index (χ0) is 17.4. The molecule has 0 spiro atoms. The number of carbonyl (C=O) groups is 2. The highest BCUT2D eigenvalue weighted by Crippen LogP contribution is 2.14. The van der Waals surface area contributed by atoms with Crippen molar-refractivity contribution in [3.63, 3.8) is 0 Å². The van der Waals surface area contributed by atoms with Gasteiger partial charge in [0.25, 0.3) is 0 Å². The number of hydrogen-bond donors (Lipinski definition) is 1. The monoisotopic (exact) mass is 353 g/mol. The van der Waals surface area contributed by atoms with E-state index in [1.807, 2.05) is 6.07 Å². The summed E-state index contributed by atoms with van der Waals surface area (Å²) in [5.41, 5.74) is 0.692. The van der Waals surface area contributed by atoms with Gasteiger partial charge >= 0.3 is 0 Å². The highest BCUT2D eigenvalue weighted by molar-refractivity contribution is 7.98. The van der Waals surface area contributed by atoms with Crippen LogP contribution in [0.2, 0.25) is 0 Å². The first-order chi connectivity index (χ1) is 11.6. The van der Waals surface area contributed by atoms with Crippen molar-refractivity contribution in [2.45, 2.75) is 12.7 Å². The van der Waals surface area contributed by atoms with E-state index in [2.05, 4.69) is 10.2 Å². The van der Waals surface area contributed by atoms with Crippen LogP contribution in [-0.2, 0) is 15.3 Å². The molecule has 2 amide bonds. The number of carbonyl (C=O) groups excluding carboxylic acids is 2. The van der Waals surface area contributed by atoms with Crippen molar-refractivity contribution >= 4 is 23.6 Å². The van der Waals surface area contributed by atoms with E-state index in [-0.39, 0.29) is 17.6 Å². The Labute approximate surface area is 146 Å². The number of benzene rings is 1. The minimum atomic E-state index is -0.182. The molecule has 1 aromatic carbocycles. The minimum Gasteiger partial charge on any atom is -0.354 e. The van der Waals surface area contributed by atoms with Crippen molar-refractivity contribution < 1.29 is 14.0 Å². The van der Waals surface area contributed by atoms with Crippen LogP contribution in [0.5, 0.6) is 0 Å². The average Bonchev–Trinajstić information content (AvgIpc) is 2.56. The third-order valence-corrected chi connectivity index (χ3v) is 4.98. The summed E-state index contributed by atoms with van der Waals surface area (Å²) in [6.07, 6.45) is 0. The average molecular weight is 353 g/mol. The molecule has 1 saturated heterocycles. The Morgan fingerprint density at radius 1 is 1.21 bits per heavy atom. The fourth-order valence-electron chi connectivity index (χ4n) is 2.54. The van der Waals surface area contributed by atoms with E-state index in [9.17, 15) is 14.0 Å². The molecule has 0 aliphatic carbocycles. The van der Waals surface area contributed by atoms with Gasteiger partial charge in [-0.05, 0) is 11.6 Å². The van der Waals surface area contributed by atoms with Crippen LogP contribution in [0.1, 0.15) is 12.5 Å². The predicted octanol–water partition coefficient (Wildman–Crippen LogP) is 1.34. The van der Waals surface area contributed by atoms with E-state index in [4.69, 9.17) is 0 Å². The maximum Gasteiger partial charge on any atom is 0.234 e. The summed E-state index contributed by atoms with van der Waals surface area (Å²) in [6.45, 7) is 5.34. The number of nitrogens with zero attached hydrogens (tertiary/aromatic N) is 2. The zero-order valence-corrected chi connectivity index (χ0v) is 14.8. The Kier molecular flexibility index (Phi) is 7.52. The SMILES string of the molecule is CC(=O)N1CCN(CC(=O)NCCSCc2ccccc2F)CC1. The molecule has 1 N–H and O–H groups in total. The standard InChI is InChI=1S/C17H24FN3O2S/c1-14(22)21-9-7-20(8-10-21)12-17(23)19-6-11-24-13-15-4-2-3-5-16(15)18/h2-5H,6-13H2,1H3,(H,19,23). The summed E-state index contributed by atoms with van der Waals surface area (Å²) in [4.78, 5) is 27.0. The van der Waals surface area contributed by atoms with Gasteiger partial charge < -0.3 is 10.2 Å². The Morgan fingerprint density at radius 2 is 1.92 bits per heavy atom. The smallest absolute Gasteiger partial charge is 0.234 e. The van der Waals surface area contributed by atoms with Crippen molar-refractivity contribution in [1.29, 1.82) is 0 Å². The van der Waals surface area contributed by atoms with E-state index in [1.54, 1.807) is 35.7 Å². The topological polar surface area (TPSA) is 52.7 Å². The molecule has 24 heavy (non-hydrogen) atoms. The molecule has 0 aromatic heterocycles. The second-order valence-corrected chi connectivity index (χ2v) is 6.88. The number of hydrogen-bond acceptors (Lipinski definition) is 4. The van der Waals surface area contributed by atoms with Gasteiger partial charge in [0.15, 0.2) is 0 Å². The zero-order valence-electron chi connectivity index (χ0n) is 14.0. The molecule has 1 aliphatic heterocycles. The maximum absolute atomic E-state index is 13.5. The molecule has 2 rings (SSSR count). The van der Waals surface area contributed by atoms with E-state index in [0.717, 1.165) is 18.8 Å². The number of thioether (sulfide) groups is 1. The van der Waals surface area contributed by atoms with Gasteiger partial charge in [-0.15, -0.1) is 0 Å². The van der Waals surface area contributed by atoms with Crippen molar-refractivity contribution in [3.05, 3.63) is 35.6 Å². The highest BCUT2D eigenvalue weighted by Gasteiger charge is 2.19. The maximum atomic E-state index is 13.5. The van der Waals surface area contributed by atoms with Gasteiger partial charge in [-0.2, -0.15) is 11.8 Å². The van der Waals surface area contributed by atoms with Crippen molar-refractivity contribution in [2.75, 3.05) is 45.0 Å². The van der Waals surface area contributed by atoms with Crippen LogP contribution in [0.4, 0.5) is 4.39 Å². The number of rotatable bonds is 7. The molecule has 1 fully saturated rings. The Balaban J connectivity index is 1.56. The number of amides is 2. The lowest BCUT2D eigenvalue weighted by atomic mass is 10.2. The van der Waals surface area contributed by atoms with Crippen LogP contribution in [0, 0.1) is 5.82 Å². The molecular formula is C17H24FN3O2S. The normalized spacial score (nSPS) is 15.3. The van der Waals surface area contributed by atoms with Crippen molar-refractivity contribution in [3.8, 4) is 0 Å². The lowest BCUT2D eigenvalue weighted by Gasteiger charge is -2.33. The Hall–Kier alpha value is -1.60. The van der Waals surface area contributed by atoms with Crippen LogP contribution >= 0.6 is 11.8 Å². The molecule has 0 saturated carbocycles.